The van der Waals surface area contributed by atoms with Crippen LogP contribution in [0.5, 0.6) is 11.5 Å². The number of fused-ring (bicyclic) bond motifs is 8. The zero-order valence-electron chi connectivity index (χ0n) is 35.1. The fourth-order valence-corrected chi connectivity index (χ4v) is 9.88. The monoisotopic (exact) mass is 830 g/mol. The minimum atomic E-state index is 0.721. The summed E-state index contributed by atoms with van der Waals surface area (Å²) in [5, 5.41) is 3.61. The maximum absolute atomic E-state index is 6.84. The van der Waals surface area contributed by atoms with Gasteiger partial charge in [0.1, 0.15) is 17.3 Å². The van der Waals surface area contributed by atoms with Crippen molar-refractivity contribution in [3.05, 3.63) is 237 Å². The van der Waals surface area contributed by atoms with Crippen LogP contribution in [-0.4, -0.2) is 14.1 Å². The molecule has 5 nitrogen and oxygen atoms in total. The van der Waals surface area contributed by atoms with E-state index in [1.807, 2.05) is 24.4 Å². The van der Waals surface area contributed by atoms with E-state index in [2.05, 4.69) is 226 Å². The molecule has 5 heteroatoms. The summed E-state index contributed by atoms with van der Waals surface area (Å²) in [4.78, 5) is 4.94. The van der Waals surface area contributed by atoms with E-state index in [9.17, 15) is 0 Å². The molecule has 0 bridgehead atoms. The summed E-state index contributed by atoms with van der Waals surface area (Å²) in [5.41, 5.74) is 16.8. The molecule has 0 atom stereocenters. The first-order valence-electron chi connectivity index (χ1n) is 21.9. The molecule has 0 fully saturated rings. The van der Waals surface area contributed by atoms with Gasteiger partial charge in [0, 0.05) is 28.8 Å². The highest BCUT2D eigenvalue weighted by atomic mass is 16.5. The van der Waals surface area contributed by atoms with Crippen molar-refractivity contribution in [1.82, 2.24) is 14.1 Å². The highest BCUT2D eigenvalue weighted by Crippen LogP contribution is 2.52. The first kappa shape index (κ1) is 36.8. The van der Waals surface area contributed by atoms with Crippen LogP contribution in [-0.2, 0) is 0 Å². The van der Waals surface area contributed by atoms with Gasteiger partial charge >= 0.3 is 0 Å². The van der Waals surface area contributed by atoms with Crippen LogP contribution in [0, 0.1) is 6.33 Å². The second-order valence-corrected chi connectivity index (χ2v) is 16.5. The molecule has 0 amide bonds. The Hall–Kier alpha value is -8.80. The van der Waals surface area contributed by atoms with E-state index in [1.54, 1.807) is 0 Å². The first-order chi connectivity index (χ1) is 32.2. The maximum Gasteiger partial charge on any atom is 0.269 e. The predicted molar refractivity (Wildman–Crippen MR) is 263 cm³/mol. The first-order valence-corrected chi connectivity index (χ1v) is 21.9. The Morgan fingerprint density at radius 2 is 1.12 bits per heavy atom. The molecule has 13 rings (SSSR count). The number of benzene rings is 9. The Morgan fingerprint density at radius 3 is 1.89 bits per heavy atom. The molecule has 0 saturated carbocycles. The van der Waals surface area contributed by atoms with E-state index in [-0.39, 0.29) is 0 Å². The molecule has 0 N–H and O–H groups in total. The average molecular weight is 831 g/mol. The van der Waals surface area contributed by atoms with Gasteiger partial charge in [-0.3, -0.25) is 13.7 Å². The summed E-state index contributed by atoms with van der Waals surface area (Å²) >= 11 is 0. The number of ether oxygens (including phenoxy) is 1. The van der Waals surface area contributed by atoms with Crippen molar-refractivity contribution in [2.45, 2.75) is 0 Å². The summed E-state index contributed by atoms with van der Waals surface area (Å²) in [6, 6.07) is 79.3. The molecule has 65 heavy (non-hydrogen) atoms. The third-order valence-corrected chi connectivity index (χ3v) is 12.7. The molecular weight excluding hydrogens is 793 g/mol. The molecule has 3 heterocycles. The molecule has 0 aliphatic heterocycles. The van der Waals surface area contributed by atoms with Crippen LogP contribution in [0.25, 0.3) is 106 Å². The lowest BCUT2D eigenvalue weighted by molar-refractivity contribution is -0.572. The summed E-state index contributed by atoms with van der Waals surface area (Å²) in [6.07, 6.45) is 5.61. The Balaban J connectivity index is 0.941. The van der Waals surface area contributed by atoms with Crippen molar-refractivity contribution in [2.24, 2.45) is 0 Å². The standard InChI is InChI=1S/C60H38N4O/c1-3-16-40(17-4-1)43-34-44(41-18-5-2-6-19-41)36-46(35-43)63-39-62(54-28-9-10-29-55(54)63)45-22-15-23-47(37-45)65-48-31-32-52-56(38-48)64(57-30-11-12-33-61-57)60-51-25-8-7-24-49(51)50-26-13-20-42-21-14-27-53(58(42)50)59(52)60/h1-38H. The quantitative estimate of drug-likeness (QED) is 0.118. The van der Waals surface area contributed by atoms with Gasteiger partial charge in [0.25, 0.3) is 6.33 Å². The Bertz CT molecular complexity index is 3730. The minimum Gasteiger partial charge on any atom is -0.458 e. The fraction of sp³-hybridized carbons (Fsp3) is 0. The average Bonchev–Trinajstić information content (AvgIpc) is 3.90. The van der Waals surface area contributed by atoms with Gasteiger partial charge in [0.15, 0.2) is 0 Å². The third-order valence-electron chi connectivity index (χ3n) is 12.7. The number of pyridine rings is 1. The molecule has 3 aromatic heterocycles. The van der Waals surface area contributed by atoms with Gasteiger partial charge < -0.3 is 4.74 Å². The number of aromatic nitrogens is 4. The van der Waals surface area contributed by atoms with Crippen LogP contribution in [0.15, 0.2) is 231 Å². The Kier molecular flexibility index (Phi) is 8.46. The van der Waals surface area contributed by atoms with Crippen LogP contribution in [0.2, 0.25) is 0 Å². The lowest BCUT2D eigenvalue weighted by Gasteiger charge is -2.14. The van der Waals surface area contributed by atoms with E-state index in [1.165, 1.54) is 38.6 Å². The molecule has 1 aliphatic carbocycles. The summed E-state index contributed by atoms with van der Waals surface area (Å²) in [5.74, 6) is 2.30. The summed E-state index contributed by atoms with van der Waals surface area (Å²) in [7, 11) is 0. The number of nitrogens with zero attached hydrogens (tertiary/aromatic N) is 4. The second kappa shape index (κ2) is 14.9. The molecular formula is C60H38N4O. The van der Waals surface area contributed by atoms with Crippen molar-refractivity contribution in [2.75, 3.05) is 0 Å². The lowest BCUT2D eigenvalue weighted by Crippen LogP contribution is -2.29. The van der Waals surface area contributed by atoms with Gasteiger partial charge in [0.05, 0.1) is 33.6 Å². The molecule has 9 aromatic carbocycles. The van der Waals surface area contributed by atoms with E-state index in [0.29, 0.717) is 0 Å². The van der Waals surface area contributed by atoms with E-state index in [0.717, 1.165) is 78.6 Å². The molecule has 0 unspecified atom stereocenters. The maximum atomic E-state index is 6.84. The minimum absolute atomic E-state index is 0.721. The van der Waals surface area contributed by atoms with Crippen molar-refractivity contribution in [3.8, 4) is 84.5 Å². The van der Waals surface area contributed by atoms with Gasteiger partial charge in [-0.05, 0) is 110 Å². The predicted octanol–water partition coefficient (Wildman–Crippen LogP) is 14.6. The number of rotatable bonds is 7. The second-order valence-electron chi connectivity index (χ2n) is 16.5. The highest BCUT2D eigenvalue weighted by Gasteiger charge is 2.29. The number of hydrogen-bond acceptors (Lipinski definition) is 2. The van der Waals surface area contributed by atoms with Crippen LogP contribution in [0.1, 0.15) is 0 Å². The van der Waals surface area contributed by atoms with Gasteiger partial charge in [0.2, 0.25) is 0 Å². The SMILES string of the molecule is [c-]1n(-c2cccc(Oc3ccc4c5c(n(-c6ccccn6)c4c3)-c3ccccc3-c3cccc4cccc-5c34)c2)c2ccccc2[n+]1-c1cc(-c2ccccc2)cc(-c2ccccc2)c1. The van der Waals surface area contributed by atoms with Crippen molar-refractivity contribution in [1.29, 1.82) is 0 Å². The Morgan fingerprint density at radius 1 is 0.462 bits per heavy atom. The molecule has 304 valence electrons. The zero-order valence-corrected chi connectivity index (χ0v) is 35.1. The molecule has 0 spiro atoms. The van der Waals surface area contributed by atoms with Crippen LogP contribution in [0.3, 0.4) is 0 Å². The highest BCUT2D eigenvalue weighted by molar-refractivity contribution is 6.19. The van der Waals surface area contributed by atoms with Gasteiger partial charge in [-0.15, -0.1) is 0 Å². The number of para-hydroxylation sites is 2. The molecule has 0 saturated heterocycles. The van der Waals surface area contributed by atoms with Crippen molar-refractivity contribution in [3.63, 3.8) is 0 Å². The zero-order chi connectivity index (χ0) is 42.8. The smallest absolute Gasteiger partial charge is 0.269 e. The molecule has 0 radical (unpaired) electrons. The van der Waals surface area contributed by atoms with Crippen molar-refractivity contribution < 1.29 is 9.30 Å². The van der Waals surface area contributed by atoms with Crippen LogP contribution >= 0.6 is 0 Å². The van der Waals surface area contributed by atoms with Crippen molar-refractivity contribution >= 4 is 32.7 Å². The topological polar surface area (TPSA) is 35.9 Å². The fourth-order valence-electron chi connectivity index (χ4n) is 9.88. The van der Waals surface area contributed by atoms with Gasteiger partial charge in [-0.2, -0.15) is 0 Å². The van der Waals surface area contributed by atoms with Crippen LogP contribution < -0.4 is 9.30 Å². The van der Waals surface area contributed by atoms with E-state index >= 15 is 0 Å². The van der Waals surface area contributed by atoms with E-state index in [4.69, 9.17) is 9.72 Å². The number of hydrogen-bond donors (Lipinski definition) is 0. The van der Waals surface area contributed by atoms with Gasteiger partial charge in [-0.1, -0.05) is 158 Å². The Labute approximate surface area is 376 Å². The molecule has 1 aliphatic rings. The molecule has 12 aromatic rings. The van der Waals surface area contributed by atoms with E-state index < -0.39 is 0 Å². The summed E-state index contributed by atoms with van der Waals surface area (Å²) in [6.45, 7) is 0. The number of imidazole rings is 1. The van der Waals surface area contributed by atoms with Gasteiger partial charge in [-0.25, -0.2) is 4.98 Å². The third kappa shape index (κ3) is 6.09. The lowest BCUT2D eigenvalue weighted by atomic mass is 9.93. The largest absolute Gasteiger partial charge is 0.458 e. The van der Waals surface area contributed by atoms with Crippen LogP contribution in [0.4, 0.5) is 0 Å². The normalized spacial score (nSPS) is 11.7. The summed E-state index contributed by atoms with van der Waals surface area (Å²) < 4.78 is 13.5.